The zero-order chi connectivity index (χ0) is 18.9. The summed E-state index contributed by atoms with van der Waals surface area (Å²) in [5.41, 5.74) is 1.99. The van der Waals surface area contributed by atoms with Crippen LogP contribution in [0.3, 0.4) is 0 Å². The molecule has 1 aliphatic heterocycles. The second kappa shape index (κ2) is 11.9. The maximum absolute atomic E-state index is 12.1. The van der Waals surface area contributed by atoms with Gasteiger partial charge in [0.25, 0.3) is 0 Å². The monoisotopic (exact) mass is 419 g/mol. The molecule has 6 heteroatoms. The summed E-state index contributed by atoms with van der Waals surface area (Å²) in [5, 5.41) is 3.53. The zero-order valence-corrected chi connectivity index (χ0v) is 17.5. The van der Waals surface area contributed by atoms with Gasteiger partial charge in [0.2, 0.25) is 5.91 Å². The Morgan fingerprint density at radius 3 is 2.43 bits per heavy atom. The van der Waals surface area contributed by atoms with Crippen LogP contribution in [-0.4, -0.2) is 55.0 Å². The lowest BCUT2D eigenvalue weighted by molar-refractivity contribution is -0.116. The minimum atomic E-state index is 0. The third-order valence-electron chi connectivity index (χ3n) is 4.70. The number of carbonyl (C=O) groups excluding carboxylic acids is 1. The Labute approximate surface area is 178 Å². The SMILES string of the molecule is Cl.O=C(CCN1CCN(C/C=C/c2ccccc2)CC1)Nc1cccc(Cl)c1. The number of nitrogens with one attached hydrogen (secondary N) is 1. The minimum absolute atomic E-state index is 0. The molecule has 0 aliphatic carbocycles. The van der Waals surface area contributed by atoms with Crippen LogP contribution < -0.4 is 5.32 Å². The maximum Gasteiger partial charge on any atom is 0.225 e. The Hall–Kier alpha value is -1.85. The molecule has 0 bridgehead atoms. The summed E-state index contributed by atoms with van der Waals surface area (Å²) in [6.45, 7) is 5.84. The summed E-state index contributed by atoms with van der Waals surface area (Å²) in [4.78, 5) is 16.9. The van der Waals surface area contributed by atoms with Crippen LogP contribution >= 0.6 is 24.0 Å². The fraction of sp³-hybridized carbons (Fsp3) is 0.318. The number of piperazine rings is 1. The normalized spacial score (nSPS) is 15.3. The number of anilines is 1. The van der Waals surface area contributed by atoms with E-state index in [9.17, 15) is 4.79 Å². The van der Waals surface area contributed by atoms with E-state index in [0.29, 0.717) is 11.4 Å². The van der Waals surface area contributed by atoms with Crippen molar-refractivity contribution in [1.82, 2.24) is 9.80 Å². The molecule has 0 spiro atoms. The summed E-state index contributed by atoms with van der Waals surface area (Å²) in [7, 11) is 0. The van der Waals surface area contributed by atoms with Gasteiger partial charge >= 0.3 is 0 Å². The van der Waals surface area contributed by atoms with Crippen molar-refractivity contribution in [1.29, 1.82) is 0 Å². The predicted octanol–water partition coefficient (Wildman–Crippen LogP) is 4.42. The summed E-state index contributed by atoms with van der Waals surface area (Å²) in [6.07, 6.45) is 4.90. The van der Waals surface area contributed by atoms with Crippen molar-refractivity contribution in [3.8, 4) is 0 Å². The van der Waals surface area contributed by atoms with E-state index in [-0.39, 0.29) is 18.3 Å². The molecule has 0 radical (unpaired) electrons. The summed E-state index contributed by atoms with van der Waals surface area (Å²) in [6, 6.07) is 17.6. The van der Waals surface area contributed by atoms with E-state index in [1.807, 2.05) is 18.2 Å². The number of carbonyl (C=O) groups is 1. The molecular formula is C22H27Cl2N3O. The predicted molar refractivity (Wildman–Crippen MR) is 120 cm³/mol. The second-order valence-corrected chi connectivity index (χ2v) is 7.20. The quantitative estimate of drug-likeness (QED) is 0.720. The standard InChI is InChI=1S/C22H26ClN3O.ClH/c23-20-9-4-10-21(18-20)24-22(27)11-13-26-16-14-25(15-17-26)12-5-8-19-6-2-1-3-7-19;/h1-10,18H,11-17H2,(H,24,27);1H/b8-5+;. The van der Waals surface area contributed by atoms with E-state index in [1.165, 1.54) is 5.56 Å². The molecule has 0 unspecified atom stereocenters. The largest absolute Gasteiger partial charge is 0.326 e. The molecule has 1 heterocycles. The first kappa shape index (κ1) is 22.4. The van der Waals surface area contributed by atoms with Crippen molar-refractivity contribution < 1.29 is 4.79 Å². The molecule has 2 aromatic carbocycles. The van der Waals surface area contributed by atoms with Crippen LogP contribution in [0.25, 0.3) is 6.08 Å². The number of rotatable bonds is 7. The van der Waals surface area contributed by atoms with Gasteiger partial charge in [-0.25, -0.2) is 0 Å². The molecule has 4 nitrogen and oxygen atoms in total. The van der Waals surface area contributed by atoms with Crippen LogP contribution in [0, 0.1) is 0 Å². The molecule has 0 aromatic heterocycles. The Morgan fingerprint density at radius 1 is 1.00 bits per heavy atom. The number of hydrogen-bond donors (Lipinski definition) is 1. The lowest BCUT2D eigenvalue weighted by Gasteiger charge is -2.34. The summed E-state index contributed by atoms with van der Waals surface area (Å²) < 4.78 is 0. The number of amides is 1. The average molecular weight is 420 g/mol. The van der Waals surface area contributed by atoms with Crippen LogP contribution in [0.5, 0.6) is 0 Å². The lowest BCUT2D eigenvalue weighted by atomic mass is 10.2. The molecule has 0 atom stereocenters. The van der Waals surface area contributed by atoms with Crippen molar-refractivity contribution in [2.45, 2.75) is 6.42 Å². The first-order valence-electron chi connectivity index (χ1n) is 9.41. The van der Waals surface area contributed by atoms with Gasteiger partial charge in [-0.3, -0.25) is 9.69 Å². The molecule has 1 aliphatic rings. The van der Waals surface area contributed by atoms with Gasteiger partial charge in [-0.2, -0.15) is 0 Å². The highest BCUT2D eigenvalue weighted by molar-refractivity contribution is 6.30. The van der Waals surface area contributed by atoms with Gasteiger partial charge in [-0.15, -0.1) is 12.4 Å². The molecule has 1 N–H and O–H groups in total. The Morgan fingerprint density at radius 2 is 1.71 bits per heavy atom. The van der Waals surface area contributed by atoms with E-state index < -0.39 is 0 Å². The highest BCUT2D eigenvalue weighted by Crippen LogP contribution is 2.15. The molecule has 2 aromatic rings. The molecule has 1 amide bonds. The van der Waals surface area contributed by atoms with E-state index in [0.717, 1.165) is 45.0 Å². The molecule has 150 valence electrons. The van der Waals surface area contributed by atoms with Crippen molar-refractivity contribution in [2.24, 2.45) is 0 Å². The Kier molecular flexibility index (Phi) is 9.51. The highest BCUT2D eigenvalue weighted by atomic mass is 35.5. The number of halogens is 2. The van der Waals surface area contributed by atoms with Crippen molar-refractivity contribution in [3.05, 3.63) is 71.3 Å². The minimum Gasteiger partial charge on any atom is -0.326 e. The summed E-state index contributed by atoms with van der Waals surface area (Å²) >= 11 is 5.94. The Balaban J connectivity index is 0.00000280. The molecule has 0 saturated carbocycles. The summed E-state index contributed by atoms with van der Waals surface area (Å²) in [5.74, 6) is 0.0329. The fourth-order valence-corrected chi connectivity index (χ4v) is 3.34. The molecule has 1 saturated heterocycles. The lowest BCUT2D eigenvalue weighted by Crippen LogP contribution is -2.46. The topological polar surface area (TPSA) is 35.6 Å². The third-order valence-corrected chi connectivity index (χ3v) is 4.94. The first-order chi connectivity index (χ1) is 13.2. The van der Waals surface area contributed by atoms with Gasteiger partial charge in [0.15, 0.2) is 0 Å². The fourth-order valence-electron chi connectivity index (χ4n) is 3.15. The number of benzene rings is 2. The van der Waals surface area contributed by atoms with Gasteiger partial charge in [-0.05, 0) is 23.8 Å². The molecule has 3 rings (SSSR count). The smallest absolute Gasteiger partial charge is 0.225 e. The molecule has 1 fully saturated rings. The number of nitrogens with zero attached hydrogens (tertiary/aromatic N) is 2. The highest BCUT2D eigenvalue weighted by Gasteiger charge is 2.16. The molecular weight excluding hydrogens is 393 g/mol. The van der Waals surface area contributed by atoms with Gasteiger partial charge in [0.05, 0.1) is 0 Å². The van der Waals surface area contributed by atoms with Crippen molar-refractivity contribution in [3.63, 3.8) is 0 Å². The van der Waals surface area contributed by atoms with Crippen LogP contribution in [0.15, 0.2) is 60.7 Å². The van der Waals surface area contributed by atoms with E-state index in [1.54, 1.807) is 12.1 Å². The van der Waals surface area contributed by atoms with E-state index in [4.69, 9.17) is 11.6 Å². The molecule has 28 heavy (non-hydrogen) atoms. The van der Waals surface area contributed by atoms with Crippen molar-refractivity contribution >= 4 is 41.7 Å². The maximum atomic E-state index is 12.1. The van der Waals surface area contributed by atoms with Crippen LogP contribution in [-0.2, 0) is 4.79 Å². The zero-order valence-electron chi connectivity index (χ0n) is 15.9. The van der Waals surface area contributed by atoms with Crippen LogP contribution in [0.4, 0.5) is 5.69 Å². The average Bonchev–Trinajstić information content (AvgIpc) is 2.68. The van der Waals surface area contributed by atoms with E-state index in [2.05, 4.69) is 51.5 Å². The van der Waals surface area contributed by atoms with Crippen LogP contribution in [0.2, 0.25) is 5.02 Å². The van der Waals surface area contributed by atoms with Gasteiger partial charge in [-0.1, -0.05) is 60.2 Å². The number of hydrogen-bond acceptors (Lipinski definition) is 3. The van der Waals surface area contributed by atoms with Gasteiger partial charge < -0.3 is 10.2 Å². The first-order valence-corrected chi connectivity index (χ1v) is 9.78. The van der Waals surface area contributed by atoms with Crippen LogP contribution in [0.1, 0.15) is 12.0 Å². The van der Waals surface area contributed by atoms with Gasteiger partial charge in [0.1, 0.15) is 0 Å². The Bertz CT molecular complexity index is 759. The van der Waals surface area contributed by atoms with Gasteiger partial charge in [0, 0.05) is 56.4 Å². The third kappa shape index (κ3) is 7.64. The second-order valence-electron chi connectivity index (χ2n) is 6.76. The van der Waals surface area contributed by atoms with E-state index >= 15 is 0 Å². The van der Waals surface area contributed by atoms with Crippen molar-refractivity contribution in [2.75, 3.05) is 44.6 Å².